The third-order valence-electron chi connectivity index (χ3n) is 3.99. The molecule has 0 aromatic carbocycles. The number of nitrogens with zero attached hydrogens (tertiary/aromatic N) is 3. The van der Waals surface area contributed by atoms with Gasteiger partial charge in [-0.1, -0.05) is 12.8 Å². The van der Waals surface area contributed by atoms with Crippen molar-refractivity contribution in [3.05, 3.63) is 47.8 Å². The molecule has 2 aromatic heterocycles. The second kappa shape index (κ2) is 5.71. The molecule has 20 heavy (non-hydrogen) atoms. The van der Waals surface area contributed by atoms with Crippen molar-refractivity contribution in [3.8, 4) is 0 Å². The molecule has 1 unspecified atom stereocenters. The highest BCUT2D eigenvalue weighted by molar-refractivity contribution is 5.19. The standard InChI is InChI=1S/C15H19FN4/c16-14-10-18-7-5-13(14)15(17)9-11-6-8-20(19-11)12-3-1-2-4-12/h5-8,10,12,15H,1-4,9,17H2. The van der Waals surface area contributed by atoms with E-state index >= 15 is 0 Å². The van der Waals surface area contributed by atoms with Crippen molar-refractivity contribution in [1.82, 2.24) is 14.8 Å². The molecular weight excluding hydrogens is 255 g/mol. The van der Waals surface area contributed by atoms with Crippen LogP contribution in [0.25, 0.3) is 0 Å². The molecule has 0 radical (unpaired) electrons. The van der Waals surface area contributed by atoms with Crippen LogP contribution in [0.1, 0.15) is 49.0 Å². The van der Waals surface area contributed by atoms with Gasteiger partial charge in [0.1, 0.15) is 5.82 Å². The van der Waals surface area contributed by atoms with Crippen molar-refractivity contribution in [1.29, 1.82) is 0 Å². The number of nitrogens with two attached hydrogens (primary N) is 1. The van der Waals surface area contributed by atoms with E-state index in [0.29, 0.717) is 18.0 Å². The summed E-state index contributed by atoms with van der Waals surface area (Å²) >= 11 is 0. The number of pyridine rings is 1. The van der Waals surface area contributed by atoms with Crippen LogP contribution in [0.15, 0.2) is 30.7 Å². The Labute approximate surface area is 117 Å². The van der Waals surface area contributed by atoms with Crippen molar-refractivity contribution >= 4 is 0 Å². The zero-order valence-electron chi connectivity index (χ0n) is 11.4. The molecular formula is C15H19FN4. The highest BCUT2D eigenvalue weighted by Crippen LogP contribution is 2.29. The lowest BCUT2D eigenvalue weighted by Gasteiger charge is -2.12. The van der Waals surface area contributed by atoms with Gasteiger partial charge in [0, 0.05) is 30.4 Å². The van der Waals surface area contributed by atoms with E-state index in [1.807, 2.05) is 16.9 Å². The summed E-state index contributed by atoms with van der Waals surface area (Å²) in [5.74, 6) is -0.352. The molecule has 5 heteroatoms. The fourth-order valence-electron chi connectivity index (χ4n) is 2.88. The van der Waals surface area contributed by atoms with Gasteiger partial charge in [0.2, 0.25) is 0 Å². The van der Waals surface area contributed by atoms with Crippen LogP contribution >= 0.6 is 0 Å². The van der Waals surface area contributed by atoms with Gasteiger partial charge >= 0.3 is 0 Å². The number of hydrogen-bond donors (Lipinski definition) is 1. The first-order chi connectivity index (χ1) is 9.74. The molecule has 1 aliphatic carbocycles. The van der Waals surface area contributed by atoms with Crippen molar-refractivity contribution < 1.29 is 4.39 Å². The number of aromatic nitrogens is 3. The molecule has 2 aromatic rings. The predicted octanol–water partition coefficient (Wildman–Crippen LogP) is 2.77. The van der Waals surface area contributed by atoms with Crippen LogP contribution in [0.2, 0.25) is 0 Å². The molecule has 0 bridgehead atoms. The van der Waals surface area contributed by atoms with Crippen LogP contribution < -0.4 is 5.73 Å². The lowest BCUT2D eigenvalue weighted by molar-refractivity contribution is 0.460. The summed E-state index contributed by atoms with van der Waals surface area (Å²) in [6.45, 7) is 0. The van der Waals surface area contributed by atoms with E-state index in [1.54, 1.807) is 12.3 Å². The van der Waals surface area contributed by atoms with Crippen molar-refractivity contribution in [2.24, 2.45) is 5.73 Å². The van der Waals surface area contributed by atoms with E-state index in [4.69, 9.17) is 5.73 Å². The highest BCUT2D eigenvalue weighted by Gasteiger charge is 2.19. The fraction of sp³-hybridized carbons (Fsp3) is 0.467. The molecule has 0 amide bonds. The summed E-state index contributed by atoms with van der Waals surface area (Å²) in [5, 5.41) is 4.59. The maximum atomic E-state index is 13.6. The summed E-state index contributed by atoms with van der Waals surface area (Å²) in [7, 11) is 0. The lowest BCUT2D eigenvalue weighted by atomic mass is 10.0. The Bertz CT molecular complexity index is 575. The Balaban J connectivity index is 1.70. The minimum absolute atomic E-state index is 0.352. The summed E-state index contributed by atoms with van der Waals surface area (Å²) in [6.07, 6.45) is 10.3. The van der Waals surface area contributed by atoms with E-state index in [2.05, 4.69) is 10.1 Å². The Morgan fingerprint density at radius 3 is 2.90 bits per heavy atom. The SMILES string of the molecule is NC(Cc1ccn(C2CCCC2)n1)c1ccncc1F. The molecule has 1 saturated carbocycles. The number of halogens is 1. The first-order valence-corrected chi connectivity index (χ1v) is 7.13. The van der Waals surface area contributed by atoms with E-state index in [1.165, 1.54) is 31.9 Å². The topological polar surface area (TPSA) is 56.7 Å². The monoisotopic (exact) mass is 274 g/mol. The van der Waals surface area contributed by atoms with Crippen LogP contribution in [-0.2, 0) is 6.42 Å². The molecule has 0 saturated heterocycles. The van der Waals surface area contributed by atoms with Crippen molar-refractivity contribution in [2.45, 2.75) is 44.2 Å². The van der Waals surface area contributed by atoms with Gasteiger partial charge in [-0.3, -0.25) is 9.67 Å². The van der Waals surface area contributed by atoms with E-state index < -0.39 is 0 Å². The number of hydrogen-bond acceptors (Lipinski definition) is 3. The lowest BCUT2D eigenvalue weighted by Crippen LogP contribution is -2.16. The molecule has 4 nitrogen and oxygen atoms in total. The van der Waals surface area contributed by atoms with Gasteiger partial charge < -0.3 is 5.73 Å². The molecule has 2 heterocycles. The van der Waals surface area contributed by atoms with Crippen LogP contribution in [0, 0.1) is 5.82 Å². The van der Waals surface area contributed by atoms with Gasteiger partial charge in [-0.05, 0) is 25.0 Å². The Morgan fingerprint density at radius 2 is 2.15 bits per heavy atom. The van der Waals surface area contributed by atoms with E-state index in [9.17, 15) is 4.39 Å². The highest BCUT2D eigenvalue weighted by atomic mass is 19.1. The minimum Gasteiger partial charge on any atom is -0.324 e. The average molecular weight is 274 g/mol. The third kappa shape index (κ3) is 2.72. The van der Waals surface area contributed by atoms with Crippen LogP contribution in [-0.4, -0.2) is 14.8 Å². The summed E-state index contributed by atoms with van der Waals surface area (Å²) in [6, 6.07) is 3.76. The Kier molecular flexibility index (Phi) is 3.78. The van der Waals surface area contributed by atoms with Gasteiger partial charge in [0.15, 0.2) is 0 Å². The average Bonchev–Trinajstić information content (AvgIpc) is 3.09. The number of rotatable bonds is 4. The molecule has 2 N–H and O–H groups in total. The molecule has 106 valence electrons. The fourth-order valence-corrected chi connectivity index (χ4v) is 2.88. The zero-order chi connectivity index (χ0) is 13.9. The van der Waals surface area contributed by atoms with Gasteiger partial charge in [0.05, 0.1) is 17.9 Å². The zero-order valence-corrected chi connectivity index (χ0v) is 11.4. The first-order valence-electron chi connectivity index (χ1n) is 7.13. The third-order valence-corrected chi connectivity index (χ3v) is 3.99. The Hall–Kier alpha value is -1.75. The van der Waals surface area contributed by atoms with E-state index in [0.717, 1.165) is 5.69 Å². The first kappa shape index (κ1) is 13.2. The maximum absolute atomic E-state index is 13.6. The van der Waals surface area contributed by atoms with Gasteiger partial charge in [-0.15, -0.1) is 0 Å². The van der Waals surface area contributed by atoms with E-state index in [-0.39, 0.29) is 11.9 Å². The second-order valence-corrected chi connectivity index (χ2v) is 5.43. The van der Waals surface area contributed by atoms with Gasteiger partial charge in [-0.25, -0.2) is 4.39 Å². The largest absolute Gasteiger partial charge is 0.324 e. The normalized spacial score (nSPS) is 17.5. The van der Waals surface area contributed by atoms with Crippen LogP contribution in [0.4, 0.5) is 4.39 Å². The maximum Gasteiger partial charge on any atom is 0.146 e. The molecule has 1 fully saturated rings. The minimum atomic E-state index is -0.384. The molecule has 0 spiro atoms. The predicted molar refractivity (Wildman–Crippen MR) is 74.6 cm³/mol. The van der Waals surface area contributed by atoms with Crippen LogP contribution in [0.3, 0.4) is 0 Å². The van der Waals surface area contributed by atoms with Crippen molar-refractivity contribution in [2.75, 3.05) is 0 Å². The summed E-state index contributed by atoms with van der Waals surface area (Å²) in [4.78, 5) is 3.74. The van der Waals surface area contributed by atoms with Gasteiger partial charge in [-0.2, -0.15) is 5.10 Å². The quantitative estimate of drug-likeness (QED) is 0.932. The molecule has 1 aliphatic rings. The Morgan fingerprint density at radius 1 is 1.35 bits per heavy atom. The molecule has 1 atom stereocenters. The summed E-state index contributed by atoms with van der Waals surface area (Å²) < 4.78 is 15.7. The van der Waals surface area contributed by atoms with Crippen molar-refractivity contribution in [3.63, 3.8) is 0 Å². The summed E-state index contributed by atoms with van der Waals surface area (Å²) in [5.41, 5.74) is 7.49. The van der Waals surface area contributed by atoms with Crippen LogP contribution in [0.5, 0.6) is 0 Å². The smallest absolute Gasteiger partial charge is 0.146 e. The van der Waals surface area contributed by atoms with Gasteiger partial charge in [0.25, 0.3) is 0 Å². The molecule has 0 aliphatic heterocycles. The second-order valence-electron chi connectivity index (χ2n) is 5.43. The molecule has 3 rings (SSSR count).